The first-order chi connectivity index (χ1) is 6.25. The Labute approximate surface area is 111 Å². The van der Waals surface area contributed by atoms with Crippen molar-refractivity contribution in [1.82, 2.24) is 0 Å². The third-order valence-electron chi connectivity index (χ3n) is 1.04. The van der Waals surface area contributed by atoms with Gasteiger partial charge in [-0.05, 0) is 6.42 Å². The monoisotopic (exact) mass is 248 g/mol. The molecule has 0 bridgehead atoms. The van der Waals surface area contributed by atoms with Crippen LogP contribution in [0.3, 0.4) is 0 Å². The molecule has 6 nitrogen and oxygen atoms in total. The maximum Gasteiger partial charge on any atom is 1.00 e. The summed E-state index contributed by atoms with van der Waals surface area (Å²) in [6.07, 6.45) is 1.34. The van der Waals surface area contributed by atoms with E-state index in [1.807, 2.05) is 0 Å². The summed E-state index contributed by atoms with van der Waals surface area (Å²) in [6, 6.07) is 0. The molecule has 0 aliphatic carbocycles. The molecule has 0 amide bonds. The van der Waals surface area contributed by atoms with Crippen LogP contribution < -0.4 is 29.6 Å². The maximum atomic E-state index is 9.92. The molecular weight excluding hydrogens is 235 g/mol. The second-order valence-electron chi connectivity index (χ2n) is 2.28. The maximum absolute atomic E-state index is 9.92. The van der Waals surface area contributed by atoms with Gasteiger partial charge in [-0.15, -0.1) is 0 Å². The summed E-state index contributed by atoms with van der Waals surface area (Å²) < 4.78 is 29.7. The summed E-state index contributed by atoms with van der Waals surface area (Å²) in [7, 11) is -4.46. The molecule has 1 atom stereocenters. The standard InChI is InChI=1S/C4H10O4S.C3H4O2.Na/c1-2-3-4(5)9(6,7)8;1-2-3(4)5;/h4-5H,2-3H2,1H3,(H,6,7,8);2H,1H2,(H,4,5);/q;;+1/p-1. The van der Waals surface area contributed by atoms with Gasteiger partial charge in [-0.2, -0.15) is 0 Å². The third-order valence-corrected chi connectivity index (χ3v) is 1.95. The topological polar surface area (TPSA) is 115 Å². The molecule has 2 N–H and O–H groups in total. The normalized spacial score (nSPS) is 11.4. The van der Waals surface area contributed by atoms with E-state index in [2.05, 4.69) is 6.58 Å². The van der Waals surface area contributed by atoms with Crippen molar-refractivity contribution in [2.75, 3.05) is 0 Å². The minimum absolute atomic E-state index is 0. The van der Waals surface area contributed by atoms with E-state index in [9.17, 15) is 17.8 Å². The van der Waals surface area contributed by atoms with Crippen LogP contribution in [0.25, 0.3) is 0 Å². The van der Waals surface area contributed by atoms with E-state index in [-0.39, 0.29) is 36.0 Å². The molecule has 8 heteroatoms. The van der Waals surface area contributed by atoms with Crippen LogP contribution >= 0.6 is 0 Å². The Bertz CT molecular complexity index is 273. The first-order valence-electron chi connectivity index (χ1n) is 3.73. The second kappa shape index (κ2) is 10.6. The van der Waals surface area contributed by atoms with Gasteiger partial charge in [0.05, 0.1) is 0 Å². The van der Waals surface area contributed by atoms with E-state index < -0.39 is 21.5 Å². The first-order valence-corrected chi connectivity index (χ1v) is 5.21. The zero-order chi connectivity index (χ0) is 11.8. The molecule has 0 aromatic rings. The molecule has 0 aliphatic heterocycles. The summed E-state index contributed by atoms with van der Waals surface area (Å²) >= 11 is 0. The summed E-state index contributed by atoms with van der Waals surface area (Å²) in [6.45, 7) is 4.65. The average Bonchev–Trinajstić information content (AvgIpc) is 2.04. The Kier molecular flexibility index (Phi) is 14.5. The van der Waals surface area contributed by atoms with E-state index in [0.29, 0.717) is 6.42 Å². The minimum atomic E-state index is -4.46. The number of carboxylic acid groups (broad SMARTS) is 1. The van der Waals surface area contributed by atoms with Gasteiger partial charge in [-0.1, -0.05) is 19.9 Å². The first kappa shape index (κ1) is 20.5. The van der Waals surface area contributed by atoms with Crippen LogP contribution in [-0.4, -0.2) is 34.6 Å². The van der Waals surface area contributed by atoms with E-state index >= 15 is 0 Å². The molecule has 0 fully saturated rings. The van der Waals surface area contributed by atoms with Crippen LogP contribution in [-0.2, 0) is 14.9 Å². The van der Waals surface area contributed by atoms with Crippen LogP contribution in [0.15, 0.2) is 12.7 Å². The molecule has 0 aromatic heterocycles. The van der Waals surface area contributed by atoms with Crippen molar-refractivity contribution in [2.24, 2.45) is 0 Å². The third kappa shape index (κ3) is 16.7. The summed E-state index contributed by atoms with van der Waals surface area (Å²) in [5.41, 5.74) is -1.72. The Morgan fingerprint density at radius 1 is 1.60 bits per heavy atom. The number of aliphatic hydroxyl groups is 1. The Hall–Kier alpha value is 0.0800. The molecule has 0 saturated heterocycles. The van der Waals surface area contributed by atoms with Crippen LogP contribution in [0, 0.1) is 0 Å². The van der Waals surface area contributed by atoms with Gasteiger partial charge in [0.1, 0.15) is 15.6 Å². The molecule has 0 aromatic carbocycles. The molecule has 1 unspecified atom stereocenters. The molecule has 0 spiro atoms. The van der Waals surface area contributed by atoms with Crippen LogP contribution in [0.5, 0.6) is 0 Å². The van der Waals surface area contributed by atoms with Crippen LogP contribution in [0.4, 0.5) is 0 Å². The Balaban J connectivity index is -0.000000208. The quantitative estimate of drug-likeness (QED) is 0.309. The van der Waals surface area contributed by atoms with Gasteiger partial charge in [0.2, 0.25) is 0 Å². The second-order valence-corrected chi connectivity index (χ2v) is 3.81. The van der Waals surface area contributed by atoms with Crippen molar-refractivity contribution in [3.8, 4) is 0 Å². The molecule has 0 radical (unpaired) electrons. The van der Waals surface area contributed by atoms with Gasteiger partial charge in [0.15, 0.2) is 0 Å². The zero-order valence-corrected chi connectivity index (χ0v) is 11.5. The molecule has 0 rings (SSSR count). The number of aliphatic carboxylic acids is 1. The number of hydrogen-bond acceptors (Lipinski definition) is 5. The molecule has 84 valence electrons. The summed E-state index contributed by atoms with van der Waals surface area (Å²) in [5.74, 6) is -0.981. The summed E-state index contributed by atoms with van der Waals surface area (Å²) in [5, 5.41) is 16.1. The fourth-order valence-electron chi connectivity index (χ4n) is 0.391. The fourth-order valence-corrected chi connectivity index (χ4v) is 0.916. The van der Waals surface area contributed by atoms with Crippen molar-refractivity contribution in [2.45, 2.75) is 25.2 Å². The van der Waals surface area contributed by atoms with Gasteiger partial charge >= 0.3 is 35.5 Å². The predicted molar refractivity (Wildman–Crippen MR) is 48.4 cm³/mol. The SMILES string of the molecule is C=CC(=O)O.CCCC(O)S(=O)(=O)[O-].[Na+]. The minimum Gasteiger partial charge on any atom is -0.746 e. The average molecular weight is 248 g/mol. The van der Waals surface area contributed by atoms with E-state index in [4.69, 9.17) is 10.2 Å². The van der Waals surface area contributed by atoms with Crippen molar-refractivity contribution in [3.05, 3.63) is 12.7 Å². The number of carboxylic acids is 1. The van der Waals surface area contributed by atoms with Crippen molar-refractivity contribution in [3.63, 3.8) is 0 Å². The predicted octanol–water partition coefficient (Wildman–Crippen LogP) is -3.09. The van der Waals surface area contributed by atoms with Gasteiger partial charge in [-0.25, -0.2) is 13.2 Å². The van der Waals surface area contributed by atoms with Crippen LogP contribution in [0.2, 0.25) is 0 Å². The number of carbonyl (C=O) groups is 1. The summed E-state index contributed by atoms with van der Waals surface area (Å²) in [4.78, 5) is 9.25. The molecular formula is C7H13NaO6S. The van der Waals surface area contributed by atoms with Gasteiger partial charge in [0.25, 0.3) is 0 Å². The van der Waals surface area contributed by atoms with E-state index in [1.54, 1.807) is 6.92 Å². The molecule has 15 heavy (non-hydrogen) atoms. The fraction of sp³-hybridized carbons (Fsp3) is 0.571. The number of rotatable bonds is 4. The molecule has 0 aliphatic rings. The van der Waals surface area contributed by atoms with Crippen molar-refractivity contribution >= 4 is 16.1 Å². The number of aliphatic hydroxyl groups excluding tert-OH is 1. The smallest absolute Gasteiger partial charge is 0.746 e. The van der Waals surface area contributed by atoms with Gasteiger partial charge in [0, 0.05) is 6.08 Å². The largest absolute Gasteiger partial charge is 1.00 e. The van der Waals surface area contributed by atoms with Crippen molar-refractivity contribution < 1.29 is 57.5 Å². The van der Waals surface area contributed by atoms with E-state index in [1.165, 1.54) is 0 Å². The number of hydrogen-bond donors (Lipinski definition) is 2. The zero-order valence-electron chi connectivity index (χ0n) is 8.71. The van der Waals surface area contributed by atoms with Crippen LogP contribution in [0.1, 0.15) is 19.8 Å². The molecule has 0 heterocycles. The Morgan fingerprint density at radius 2 is 1.93 bits per heavy atom. The molecule has 0 saturated carbocycles. The van der Waals surface area contributed by atoms with Gasteiger partial charge in [-0.3, -0.25) is 0 Å². The Morgan fingerprint density at radius 3 is 2.00 bits per heavy atom. The van der Waals surface area contributed by atoms with E-state index in [0.717, 1.165) is 6.08 Å². The van der Waals surface area contributed by atoms with Crippen molar-refractivity contribution in [1.29, 1.82) is 0 Å². The van der Waals surface area contributed by atoms with Gasteiger partial charge < -0.3 is 14.8 Å².